The largest absolute Gasteiger partial charge is 0.298 e. The lowest BCUT2D eigenvalue weighted by Crippen LogP contribution is -2.54. The van der Waals surface area contributed by atoms with Crippen LogP contribution >= 0.6 is 12.4 Å². The molecule has 2 bridgehead atoms. The van der Waals surface area contributed by atoms with Crippen LogP contribution in [0.4, 0.5) is 0 Å². The minimum absolute atomic E-state index is 0. The number of carbonyl (C=O) groups is 1. The molecule has 3 heterocycles. The SMILES string of the molecule is CC(C)CC1CC2CCN1CC2=O.Cl. The Labute approximate surface area is 92.5 Å². The zero-order valence-electron chi connectivity index (χ0n) is 9.03. The lowest BCUT2D eigenvalue weighted by atomic mass is 9.80. The number of fused-ring (bicyclic) bond motifs is 3. The predicted molar refractivity (Wildman–Crippen MR) is 59.8 cm³/mol. The first-order chi connectivity index (χ1) is 6.16. The number of nitrogens with zero attached hydrogens (tertiary/aromatic N) is 1. The third-order valence-electron chi connectivity index (χ3n) is 3.40. The first-order valence-corrected chi connectivity index (χ1v) is 5.43. The minimum atomic E-state index is 0. The zero-order valence-corrected chi connectivity index (χ0v) is 9.85. The molecule has 0 amide bonds. The topological polar surface area (TPSA) is 20.3 Å². The van der Waals surface area contributed by atoms with Gasteiger partial charge in [-0.05, 0) is 31.7 Å². The Balaban J connectivity index is 0.000000980. The van der Waals surface area contributed by atoms with E-state index in [1.165, 1.54) is 6.42 Å². The zero-order chi connectivity index (χ0) is 9.42. The van der Waals surface area contributed by atoms with Gasteiger partial charge in [-0.1, -0.05) is 13.8 Å². The van der Waals surface area contributed by atoms with E-state index >= 15 is 0 Å². The van der Waals surface area contributed by atoms with Crippen molar-refractivity contribution in [2.45, 2.75) is 39.2 Å². The van der Waals surface area contributed by atoms with Gasteiger partial charge in [-0.2, -0.15) is 0 Å². The summed E-state index contributed by atoms with van der Waals surface area (Å²) in [5.74, 6) is 1.67. The molecule has 3 aliphatic rings. The molecule has 3 heteroatoms. The average Bonchev–Trinajstić information content (AvgIpc) is 2.05. The number of piperidine rings is 3. The highest BCUT2D eigenvalue weighted by molar-refractivity contribution is 5.85. The molecule has 3 fully saturated rings. The molecular formula is C11H20ClNO. The van der Waals surface area contributed by atoms with Crippen LogP contribution in [0.15, 0.2) is 0 Å². The average molecular weight is 218 g/mol. The second kappa shape index (κ2) is 4.63. The Kier molecular flexibility index (Phi) is 3.96. The predicted octanol–water partition coefficient (Wildman–Crippen LogP) is 2.12. The molecule has 3 atom stereocenters. The van der Waals surface area contributed by atoms with E-state index in [9.17, 15) is 4.79 Å². The Bertz CT molecular complexity index is 217. The fourth-order valence-corrected chi connectivity index (χ4v) is 2.72. The van der Waals surface area contributed by atoms with Gasteiger partial charge in [-0.15, -0.1) is 12.4 Å². The van der Waals surface area contributed by atoms with Gasteiger partial charge in [0.1, 0.15) is 5.78 Å². The van der Waals surface area contributed by atoms with Crippen molar-refractivity contribution in [2.24, 2.45) is 11.8 Å². The van der Waals surface area contributed by atoms with E-state index in [1.807, 2.05) is 0 Å². The van der Waals surface area contributed by atoms with Gasteiger partial charge in [0.15, 0.2) is 0 Å². The number of ketones is 1. The number of rotatable bonds is 2. The molecule has 0 aliphatic carbocycles. The van der Waals surface area contributed by atoms with E-state index in [4.69, 9.17) is 0 Å². The number of hydrogen-bond acceptors (Lipinski definition) is 2. The van der Waals surface area contributed by atoms with Crippen LogP contribution < -0.4 is 0 Å². The van der Waals surface area contributed by atoms with Gasteiger partial charge in [-0.3, -0.25) is 9.69 Å². The quantitative estimate of drug-likeness (QED) is 0.706. The highest BCUT2D eigenvalue weighted by atomic mass is 35.5. The maximum absolute atomic E-state index is 11.4. The minimum Gasteiger partial charge on any atom is -0.298 e. The van der Waals surface area contributed by atoms with Crippen molar-refractivity contribution in [3.8, 4) is 0 Å². The molecule has 0 spiro atoms. The summed E-state index contributed by atoms with van der Waals surface area (Å²) in [5, 5.41) is 0. The molecule has 3 rings (SSSR count). The standard InChI is InChI=1S/C11H19NO.ClH/c1-8(2)5-10-6-9-3-4-12(10)7-11(9)13;/h8-10H,3-7H2,1-2H3;1H. The van der Waals surface area contributed by atoms with Crippen molar-refractivity contribution >= 4 is 18.2 Å². The van der Waals surface area contributed by atoms with Crippen LogP contribution in [0, 0.1) is 11.8 Å². The van der Waals surface area contributed by atoms with Crippen molar-refractivity contribution in [2.75, 3.05) is 13.1 Å². The Morgan fingerprint density at radius 1 is 1.50 bits per heavy atom. The van der Waals surface area contributed by atoms with E-state index in [-0.39, 0.29) is 12.4 Å². The van der Waals surface area contributed by atoms with Crippen LogP contribution in [0.5, 0.6) is 0 Å². The molecule has 3 saturated heterocycles. The highest BCUT2D eigenvalue weighted by Gasteiger charge is 2.38. The normalized spacial score (nSPS) is 35.9. The maximum Gasteiger partial charge on any atom is 0.150 e. The molecule has 0 N–H and O–H groups in total. The van der Waals surface area contributed by atoms with Gasteiger partial charge >= 0.3 is 0 Å². The molecule has 0 saturated carbocycles. The third-order valence-corrected chi connectivity index (χ3v) is 3.40. The molecule has 0 aromatic heterocycles. The van der Waals surface area contributed by atoms with Crippen LogP contribution in [0.3, 0.4) is 0 Å². The number of halogens is 1. The van der Waals surface area contributed by atoms with E-state index in [0.717, 1.165) is 31.8 Å². The summed E-state index contributed by atoms with van der Waals surface area (Å²) >= 11 is 0. The van der Waals surface area contributed by atoms with Crippen molar-refractivity contribution in [3.63, 3.8) is 0 Å². The third kappa shape index (κ3) is 2.29. The summed E-state index contributed by atoms with van der Waals surface area (Å²) in [5.41, 5.74) is 0. The first kappa shape index (κ1) is 12.0. The van der Waals surface area contributed by atoms with Crippen molar-refractivity contribution < 1.29 is 4.79 Å². The van der Waals surface area contributed by atoms with E-state index in [0.29, 0.717) is 17.7 Å². The van der Waals surface area contributed by atoms with Gasteiger partial charge in [-0.25, -0.2) is 0 Å². The fraction of sp³-hybridized carbons (Fsp3) is 0.909. The smallest absolute Gasteiger partial charge is 0.150 e. The van der Waals surface area contributed by atoms with Crippen LogP contribution in [-0.4, -0.2) is 29.8 Å². The second-order valence-corrected chi connectivity index (χ2v) is 4.94. The lowest BCUT2D eigenvalue weighted by molar-refractivity contribution is -0.133. The van der Waals surface area contributed by atoms with E-state index in [2.05, 4.69) is 18.7 Å². The van der Waals surface area contributed by atoms with Crippen molar-refractivity contribution in [1.29, 1.82) is 0 Å². The summed E-state index contributed by atoms with van der Waals surface area (Å²) in [6, 6.07) is 0.705. The summed E-state index contributed by atoms with van der Waals surface area (Å²) in [6.45, 7) is 6.44. The maximum atomic E-state index is 11.4. The van der Waals surface area contributed by atoms with E-state index < -0.39 is 0 Å². The summed E-state index contributed by atoms with van der Waals surface area (Å²) < 4.78 is 0. The molecule has 82 valence electrons. The number of Topliss-reactive ketones (excluding diaryl/α,β-unsaturated/α-hetero) is 1. The summed E-state index contributed by atoms with van der Waals surface area (Å²) in [6.07, 6.45) is 3.52. The fourth-order valence-electron chi connectivity index (χ4n) is 2.72. The van der Waals surface area contributed by atoms with Crippen LogP contribution in [0.25, 0.3) is 0 Å². The number of carbonyl (C=O) groups excluding carboxylic acids is 1. The molecule has 0 aromatic rings. The number of hydrogen-bond donors (Lipinski definition) is 0. The Hall–Kier alpha value is -0.0800. The molecule has 2 nitrogen and oxygen atoms in total. The van der Waals surface area contributed by atoms with Gasteiger partial charge < -0.3 is 0 Å². The van der Waals surface area contributed by atoms with Crippen LogP contribution in [0.1, 0.15) is 33.1 Å². The molecule has 0 aromatic carbocycles. The summed E-state index contributed by atoms with van der Waals surface area (Å²) in [7, 11) is 0. The van der Waals surface area contributed by atoms with E-state index in [1.54, 1.807) is 0 Å². The van der Waals surface area contributed by atoms with Crippen LogP contribution in [0.2, 0.25) is 0 Å². The van der Waals surface area contributed by atoms with Crippen molar-refractivity contribution in [1.82, 2.24) is 4.90 Å². The van der Waals surface area contributed by atoms with Crippen LogP contribution in [-0.2, 0) is 4.79 Å². The lowest BCUT2D eigenvalue weighted by Gasteiger charge is -2.45. The molecule has 3 aliphatic heterocycles. The highest BCUT2D eigenvalue weighted by Crippen LogP contribution is 2.32. The van der Waals surface area contributed by atoms with Gasteiger partial charge in [0.25, 0.3) is 0 Å². The Morgan fingerprint density at radius 2 is 2.21 bits per heavy atom. The van der Waals surface area contributed by atoms with Gasteiger partial charge in [0.05, 0.1) is 6.54 Å². The Morgan fingerprint density at radius 3 is 2.64 bits per heavy atom. The molecule has 0 radical (unpaired) electrons. The molecular weight excluding hydrogens is 198 g/mol. The molecule has 14 heavy (non-hydrogen) atoms. The van der Waals surface area contributed by atoms with Gasteiger partial charge in [0.2, 0.25) is 0 Å². The monoisotopic (exact) mass is 217 g/mol. The van der Waals surface area contributed by atoms with Gasteiger partial charge in [0, 0.05) is 12.0 Å². The first-order valence-electron chi connectivity index (χ1n) is 5.43. The van der Waals surface area contributed by atoms with Crippen molar-refractivity contribution in [3.05, 3.63) is 0 Å². The molecule has 3 unspecified atom stereocenters. The summed E-state index contributed by atoms with van der Waals surface area (Å²) in [4.78, 5) is 13.8. The second-order valence-electron chi connectivity index (χ2n) is 4.94.